The Hall–Kier alpha value is -4.24. The molecule has 168 valence electrons. The second-order valence-corrected chi connectivity index (χ2v) is 8.66. The van der Waals surface area contributed by atoms with Crippen molar-refractivity contribution in [3.8, 4) is 16.9 Å². The molecule has 0 saturated carbocycles. The van der Waals surface area contributed by atoms with Crippen molar-refractivity contribution >= 4 is 33.1 Å². The maximum absolute atomic E-state index is 13.7. The Balaban J connectivity index is 1.55. The molecule has 2 aromatic heterocycles. The van der Waals surface area contributed by atoms with Crippen LogP contribution in [0.5, 0.6) is 0 Å². The lowest BCUT2D eigenvalue weighted by Gasteiger charge is -2.10. The number of anilines is 1. The predicted octanol–water partition coefficient (Wildman–Crippen LogP) is 5.35. The lowest BCUT2D eigenvalue weighted by molar-refractivity contribution is 0.102. The summed E-state index contributed by atoms with van der Waals surface area (Å²) in [5, 5.41) is 8.11. The van der Waals surface area contributed by atoms with Crippen LogP contribution in [0.15, 0.2) is 77.6 Å². The number of nitrogens with one attached hydrogen (secondary N) is 1. The third-order valence-electron chi connectivity index (χ3n) is 5.23. The van der Waals surface area contributed by atoms with Gasteiger partial charge in [0.05, 0.1) is 16.8 Å². The Morgan fingerprint density at radius 3 is 2.38 bits per heavy atom. The number of aromatic nitrogens is 3. The topological polar surface area (TPSA) is 76.9 Å². The average Bonchev–Trinajstić information content (AvgIpc) is 3.21. The van der Waals surface area contributed by atoms with E-state index < -0.39 is 17.5 Å². The van der Waals surface area contributed by atoms with Crippen molar-refractivity contribution in [1.82, 2.24) is 14.8 Å². The van der Waals surface area contributed by atoms with E-state index in [2.05, 4.69) is 15.4 Å². The van der Waals surface area contributed by atoms with Crippen molar-refractivity contribution in [3.63, 3.8) is 0 Å². The third-order valence-corrected chi connectivity index (χ3v) is 6.12. The largest absolute Gasteiger partial charge is 0.296 e. The van der Waals surface area contributed by atoms with Gasteiger partial charge >= 0.3 is 0 Å². The number of hydrogen-bond acceptors (Lipinski definition) is 5. The molecule has 1 amide bonds. The maximum Gasteiger partial charge on any atom is 0.279 e. The Morgan fingerprint density at radius 2 is 1.65 bits per heavy atom. The normalized spacial score (nSPS) is 11.0. The summed E-state index contributed by atoms with van der Waals surface area (Å²) in [6.45, 7) is 1.77. The van der Waals surface area contributed by atoms with Gasteiger partial charge in [-0.2, -0.15) is 9.78 Å². The Bertz CT molecular complexity index is 1610. The van der Waals surface area contributed by atoms with Crippen LogP contribution in [0.3, 0.4) is 0 Å². The summed E-state index contributed by atoms with van der Waals surface area (Å²) in [6.07, 6.45) is 0. The number of rotatable bonds is 4. The number of hydrogen-bond donors (Lipinski definition) is 1. The first kappa shape index (κ1) is 21.6. The van der Waals surface area contributed by atoms with Crippen molar-refractivity contribution in [2.75, 3.05) is 5.32 Å². The van der Waals surface area contributed by atoms with Crippen LogP contribution in [-0.2, 0) is 0 Å². The van der Waals surface area contributed by atoms with Crippen LogP contribution < -0.4 is 10.9 Å². The Kier molecular flexibility index (Phi) is 5.46. The van der Waals surface area contributed by atoms with E-state index in [4.69, 9.17) is 0 Å². The number of fused-ring (bicyclic) bond motifs is 1. The fraction of sp³-hybridized carbons (Fsp3) is 0.0400. The van der Waals surface area contributed by atoms with Crippen LogP contribution in [-0.4, -0.2) is 20.7 Å². The van der Waals surface area contributed by atoms with E-state index >= 15 is 0 Å². The Morgan fingerprint density at radius 1 is 0.941 bits per heavy atom. The highest BCUT2D eigenvalue weighted by molar-refractivity contribution is 7.16. The summed E-state index contributed by atoms with van der Waals surface area (Å²) < 4.78 is 28.2. The maximum atomic E-state index is 13.7. The van der Waals surface area contributed by atoms with Gasteiger partial charge in [0.15, 0.2) is 22.5 Å². The number of carbonyl (C=O) groups is 1. The minimum absolute atomic E-state index is 0.0567. The second kappa shape index (κ2) is 8.60. The van der Waals surface area contributed by atoms with E-state index in [0.717, 1.165) is 12.1 Å². The second-order valence-electron chi connectivity index (χ2n) is 7.45. The highest BCUT2D eigenvalue weighted by Gasteiger charge is 2.20. The van der Waals surface area contributed by atoms with Gasteiger partial charge in [0, 0.05) is 15.8 Å². The highest BCUT2D eigenvalue weighted by atomic mass is 32.1. The first-order chi connectivity index (χ1) is 16.4. The molecule has 0 fully saturated rings. The standard InChI is InChI=1S/C25H16F2N4O2S/c1-14-21(15-11-12-19(26)20(27)13-15)28-25(34-14)29-23(32)22-17-9-5-6-10-18(17)24(33)31(30-22)16-7-3-2-4-8-16/h2-13H,1H3,(H,28,29,32). The van der Waals surface area contributed by atoms with Gasteiger partial charge in [0.1, 0.15) is 0 Å². The third kappa shape index (κ3) is 3.86. The minimum Gasteiger partial charge on any atom is -0.296 e. The lowest BCUT2D eigenvalue weighted by Crippen LogP contribution is -2.26. The number of carbonyl (C=O) groups excluding carboxylic acids is 1. The zero-order valence-electron chi connectivity index (χ0n) is 17.8. The first-order valence-electron chi connectivity index (χ1n) is 10.2. The number of halogens is 2. The van der Waals surface area contributed by atoms with Crippen LogP contribution in [0.4, 0.5) is 13.9 Å². The molecule has 6 nitrogen and oxygen atoms in total. The van der Waals surface area contributed by atoms with Crippen LogP contribution in [0.1, 0.15) is 15.4 Å². The van der Waals surface area contributed by atoms with Crippen molar-refractivity contribution in [2.45, 2.75) is 6.92 Å². The Labute approximate surface area is 196 Å². The van der Waals surface area contributed by atoms with E-state index in [-0.39, 0.29) is 16.4 Å². The zero-order valence-corrected chi connectivity index (χ0v) is 18.6. The smallest absolute Gasteiger partial charge is 0.279 e. The first-order valence-corrected chi connectivity index (χ1v) is 11.1. The molecule has 3 aromatic carbocycles. The van der Waals surface area contributed by atoms with Gasteiger partial charge in [-0.05, 0) is 43.3 Å². The van der Waals surface area contributed by atoms with E-state index in [9.17, 15) is 18.4 Å². The van der Waals surface area contributed by atoms with Gasteiger partial charge in [0.25, 0.3) is 11.5 Å². The van der Waals surface area contributed by atoms with E-state index in [1.807, 2.05) is 6.07 Å². The van der Waals surface area contributed by atoms with Gasteiger partial charge in [-0.15, -0.1) is 11.3 Å². The molecule has 0 aliphatic rings. The molecule has 1 N–H and O–H groups in total. The van der Waals surface area contributed by atoms with Crippen molar-refractivity contribution in [1.29, 1.82) is 0 Å². The minimum atomic E-state index is -0.977. The van der Waals surface area contributed by atoms with Crippen LogP contribution in [0, 0.1) is 18.6 Å². The van der Waals surface area contributed by atoms with E-state index in [1.54, 1.807) is 55.5 Å². The quantitative estimate of drug-likeness (QED) is 0.381. The van der Waals surface area contributed by atoms with Gasteiger partial charge in [-0.1, -0.05) is 36.4 Å². The molecule has 0 aliphatic carbocycles. The van der Waals surface area contributed by atoms with Gasteiger partial charge < -0.3 is 0 Å². The number of aryl methyl sites for hydroxylation is 1. The molecule has 0 atom stereocenters. The molecule has 0 bridgehead atoms. The summed E-state index contributed by atoms with van der Waals surface area (Å²) in [5.74, 6) is -2.47. The molecular formula is C25H16F2N4O2S. The molecule has 0 saturated heterocycles. The summed E-state index contributed by atoms with van der Waals surface area (Å²) in [4.78, 5) is 31.4. The molecular weight excluding hydrogens is 458 g/mol. The fourth-order valence-electron chi connectivity index (χ4n) is 3.62. The summed E-state index contributed by atoms with van der Waals surface area (Å²) in [6, 6.07) is 19.1. The van der Waals surface area contributed by atoms with Gasteiger partial charge in [0.2, 0.25) is 0 Å². The molecule has 0 unspecified atom stereocenters. The monoisotopic (exact) mass is 474 g/mol. The van der Waals surface area contributed by atoms with Crippen LogP contribution in [0.25, 0.3) is 27.7 Å². The van der Waals surface area contributed by atoms with Crippen molar-refractivity contribution in [2.24, 2.45) is 0 Å². The molecule has 0 aliphatic heterocycles. The zero-order chi connectivity index (χ0) is 23.8. The number of para-hydroxylation sites is 1. The van der Waals surface area contributed by atoms with E-state index in [1.165, 1.54) is 22.1 Å². The summed E-state index contributed by atoms with van der Waals surface area (Å²) >= 11 is 1.20. The predicted molar refractivity (Wildman–Crippen MR) is 127 cm³/mol. The number of nitrogens with zero attached hydrogens (tertiary/aromatic N) is 3. The highest BCUT2D eigenvalue weighted by Crippen LogP contribution is 2.31. The summed E-state index contributed by atoms with van der Waals surface area (Å²) in [7, 11) is 0. The summed E-state index contributed by atoms with van der Waals surface area (Å²) in [5.41, 5.74) is 1.07. The van der Waals surface area contributed by atoms with Crippen LogP contribution >= 0.6 is 11.3 Å². The van der Waals surface area contributed by atoms with Crippen LogP contribution in [0.2, 0.25) is 0 Å². The number of thiazole rings is 1. The van der Waals surface area contributed by atoms with E-state index in [0.29, 0.717) is 32.6 Å². The van der Waals surface area contributed by atoms with Gasteiger partial charge in [-0.25, -0.2) is 13.8 Å². The fourth-order valence-corrected chi connectivity index (χ4v) is 4.45. The number of benzene rings is 3. The van der Waals surface area contributed by atoms with Crippen molar-refractivity contribution < 1.29 is 13.6 Å². The molecule has 9 heteroatoms. The van der Waals surface area contributed by atoms with Crippen molar-refractivity contribution in [3.05, 3.63) is 105 Å². The molecule has 2 heterocycles. The van der Waals surface area contributed by atoms with Gasteiger partial charge in [-0.3, -0.25) is 14.9 Å². The SMILES string of the molecule is Cc1sc(NC(=O)c2nn(-c3ccccc3)c(=O)c3ccccc23)nc1-c1ccc(F)c(F)c1. The molecule has 34 heavy (non-hydrogen) atoms. The molecule has 0 radical (unpaired) electrons. The molecule has 5 aromatic rings. The molecule has 5 rings (SSSR count). The lowest BCUT2D eigenvalue weighted by atomic mass is 10.1. The average molecular weight is 474 g/mol. The molecule has 0 spiro atoms. The number of amides is 1.